The smallest absolute Gasteiger partial charge is 0.310 e. The molecule has 1 aromatic heterocycles. The van der Waals surface area contributed by atoms with Crippen LogP contribution in [-0.4, -0.2) is 5.97 Å². The Morgan fingerprint density at radius 1 is 1.14 bits per heavy atom. The maximum absolute atomic E-state index is 11.9. The van der Waals surface area contributed by atoms with E-state index < -0.39 is 0 Å². The molecule has 106 valence electrons. The van der Waals surface area contributed by atoms with Gasteiger partial charge in [0.15, 0.2) is 0 Å². The molecule has 0 spiro atoms. The number of hydrogen-bond donors (Lipinski definition) is 1. The molecule has 2 N–H and O–H groups in total. The molecule has 0 saturated heterocycles. The number of esters is 1. The lowest BCUT2D eigenvalue weighted by atomic mass is 10.1. The Balaban J connectivity index is 1.63. The Labute approximate surface area is 127 Å². The molecule has 0 aliphatic rings. The van der Waals surface area contributed by atoms with Gasteiger partial charge in [-0.25, -0.2) is 0 Å². The summed E-state index contributed by atoms with van der Waals surface area (Å²) in [4.78, 5) is 11.9. The molecule has 0 fully saturated rings. The molecule has 3 aromatic rings. The van der Waals surface area contributed by atoms with Gasteiger partial charge in [-0.3, -0.25) is 4.79 Å². The van der Waals surface area contributed by atoms with E-state index in [2.05, 4.69) is 6.07 Å². The second-order valence-corrected chi connectivity index (χ2v) is 5.75. The van der Waals surface area contributed by atoms with Crippen LogP contribution in [0.1, 0.15) is 11.1 Å². The summed E-state index contributed by atoms with van der Waals surface area (Å²) in [7, 11) is 0. The molecule has 0 radical (unpaired) electrons. The summed E-state index contributed by atoms with van der Waals surface area (Å²) < 4.78 is 6.57. The highest BCUT2D eigenvalue weighted by Gasteiger charge is 2.08. The number of thiophene rings is 1. The van der Waals surface area contributed by atoms with Crippen molar-refractivity contribution in [2.45, 2.75) is 13.0 Å². The van der Waals surface area contributed by atoms with Gasteiger partial charge in [-0.05, 0) is 34.5 Å². The molecule has 0 unspecified atom stereocenters. The summed E-state index contributed by atoms with van der Waals surface area (Å²) in [6, 6.07) is 15.4. The zero-order valence-electron chi connectivity index (χ0n) is 11.4. The number of carbonyl (C=O) groups is 1. The third-order valence-corrected chi connectivity index (χ3v) is 4.26. The SMILES string of the molecule is Nc1cccc(CC(=O)OCc2csc3ccccc23)c1. The predicted octanol–water partition coefficient (Wildman–Crippen LogP) is 3.77. The lowest BCUT2D eigenvalue weighted by Gasteiger charge is -2.05. The first-order chi connectivity index (χ1) is 10.2. The van der Waals surface area contributed by atoms with Gasteiger partial charge in [0, 0.05) is 16.0 Å². The second kappa shape index (κ2) is 5.97. The van der Waals surface area contributed by atoms with Crippen molar-refractivity contribution in [2.24, 2.45) is 0 Å². The number of rotatable bonds is 4. The summed E-state index contributed by atoms with van der Waals surface area (Å²) in [6.07, 6.45) is 0.243. The van der Waals surface area contributed by atoms with Crippen LogP contribution in [0.2, 0.25) is 0 Å². The third kappa shape index (κ3) is 3.23. The highest BCUT2D eigenvalue weighted by molar-refractivity contribution is 7.17. The van der Waals surface area contributed by atoms with Gasteiger partial charge < -0.3 is 10.5 Å². The van der Waals surface area contributed by atoms with Gasteiger partial charge >= 0.3 is 5.97 Å². The average molecular weight is 297 g/mol. The van der Waals surface area contributed by atoms with Gasteiger partial charge in [-0.15, -0.1) is 11.3 Å². The molecule has 21 heavy (non-hydrogen) atoms. The van der Waals surface area contributed by atoms with Crippen molar-refractivity contribution in [1.29, 1.82) is 0 Å². The van der Waals surface area contributed by atoms with E-state index in [0.29, 0.717) is 12.3 Å². The highest BCUT2D eigenvalue weighted by atomic mass is 32.1. The van der Waals surface area contributed by atoms with E-state index in [9.17, 15) is 4.79 Å². The Kier molecular flexibility index (Phi) is 3.88. The van der Waals surface area contributed by atoms with E-state index in [1.54, 1.807) is 23.5 Å². The molecule has 0 aliphatic carbocycles. The topological polar surface area (TPSA) is 52.3 Å². The number of hydrogen-bond acceptors (Lipinski definition) is 4. The minimum absolute atomic E-state index is 0.240. The standard InChI is InChI=1S/C17H15NO2S/c18-14-5-3-4-12(8-14)9-17(19)20-10-13-11-21-16-7-2-1-6-15(13)16/h1-8,11H,9-10,18H2. The van der Waals surface area contributed by atoms with Crippen molar-refractivity contribution in [3.8, 4) is 0 Å². The first-order valence-electron chi connectivity index (χ1n) is 6.67. The highest BCUT2D eigenvalue weighted by Crippen LogP contribution is 2.26. The van der Waals surface area contributed by atoms with E-state index in [0.717, 1.165) is 16.5 Å². The normalized spacial score (nSPS) is 10.7. The van der Waals surface area contributed by atoms with Crippen molar-refractivity contribution in [3.05, 3.63) is 65.0 Å². The van der Waals surface area contributed by atoms with E-state index >= 15 is 0 Å². The van der Waals surface area contributed by atoms with Crippen molar-refractivity contribution in [2.75, 3.05) is 5.73 Å². The quantitative estimate of drug-likeness (QED) is 0.589. The van der Waals surface area contributed by atoms with E-state index in [1.165, 1.54) is 4.70 Å². The molecule has 1 heterocycles. The van der Waals surface area contributed by atoms with Gasteiger partial charge in [-0.2, -0.15) is 0 Å². The number of carbonyl (C=O) groups excluding carboxylic acids is 1. The van der Waals surface area contributed by atoms with Crippen LogP contribution in [-0.2, 0) is 22.6 Å². The summed E-state index contributed by atoms with van der Waals surface area (Å²) in [6.45, 7) is 0.311. The molecule has 4 heteroatoms. The Bertz CT molecular complexity index is 779. The molecule has 0 aliphatic heterocycles. The van der Waals surface area contributed by atoms with Crippen molar-refractivity contribution < 1.29 is 9.53 Å². The fourth-order valence-electron chi connectivity index (χ4n) is 2.22. The largest absolute Gasteiger partial charge is 0.461 e. The molecule has 0 bridgehead atoms. The molecule has 0 amide bonds. The Hall–Kier alpha value is -2.33. The third-order valence-electron chi connectivity index (χ3n) is 3.25. The minimum atomic E-state index is -0.240. The number of nitrogen functional groups attached to an aromatic ring is 1. The zero-order valence-corrected chi connectivity index (χ0v) is 12.2. The molecular formula is C17H15NO2S. The predicted molar refractivity (Wildman–Crippen MR) is 86.2 cm³/mol. The van der Waals surface area contributed by atoms with E-state index in [4.69, 9.17) is 10.5 Å². The fourth-order valence-corrected chi connectivity index (χ4v) is 3.17. The van der Waals surface area contributed by atoms with Crippen LogP contribution >= 0.6 is 11.3 Å². The summed E-state index contributed by atoms with van der Waals surface area (Å²) >= 11 is 1.66. The second-order valence-electron chi connectivity index (χ2n) is 4.84. The van der Waals surface area contributed by atoms with Gasteiger partial charge in [0.25, 0.3) is 0 Å². The lowest BCUT2D eigenvalue weighted by Crippen LogP contribution is -2.08. The minimum Gasteiger partial charge on any atom is -0.461 e. The molecule has 3 nitrogen and oxygen atoms in total. The van der Waals surface area contributed by atoms with E-state index in [1.807, 2.05) is 35.7 Å². The Morgan fingerprint density at radius 2 is 2.00 bits per heavy atom. The number of anilines is 1. The summed E-state index contributed by atoms with van der Waals surface area (Å²) in [5, 5.41) is 3.19. The monoisotopic (exact) mass is 297 g/mol. The number of nitrogens with two attached hydrogens (primary N) is 1. The van der Waals surface area contributed by atoms with Crippen LogP contribution in [0.5, 0.6) is 0 Å². The van der Waals surface area contributed by atoms with E-state index in [-0.39, 0.29) is 12.4 Å². The Morgan fingerprint density at radius 3 is 2.86 bits per heavy atom. The maximum Gasteiger partial charge on any atom is 0.310 e. The van der Waals surface area contributed by atoms with Crippen LogP contribution in [0.3, 0.4) is 0 Å². The molecule has 3 rings (SSSR count). The zero-order chi connectivity index (χ0) is 14.7. The van der Waals surface area contributed by atoms with Crippen molar-refractivity contribution in [3.63, 3.8) is 0 Å². The van der Waals surface area contributed by atoms with Gasteiger partial charge in [0.05, 0.1) is 6.42 Å². The number of ether oxygens (including phenoxy) is 1. The van der Waals surface area contributed by atoms with Crippen LogP contribution in [0.15, 0.2) is 53.9 Å². The summed E-state index contributed by atoms with van der Waals surface area (Å²) in [5.74, 6) is -0.240. The van der Waals surface area contributed by atoms with Gasteiger partial charge in [0.1, 0.15) is 6.61 Å². The fraction of sp³-hybridized carbons (Fsp3) is 0.118. The van der Waals surface area contributed by atoms with Gasteiger partial charge in [0.2, 0.25) is 0 Å². The molecular weight excluding hydrogens is 282 g/mol. The van der Waals surface area contributed by atoms with Crippen LogP contribution in [0, 0.1) is 0 Å². The first kappa shape index (κ1) is 13.6. The summed E-state index contributed by atoms with van der Waals surface area (Å²) in [5.41, 5.74) is 8.28. The van der Waals surface area contributed by atoms with Gasteiger partial charge in [-0.1, -0.05) is 30.3 Å². The van der Waals surface area contributed by atoms with Crippen molar-refractivity contribution in [1.82, 2.24) is 0 Å². The number of benzene rings is 2. The molecule has 0 atom stereocenters. The maximum atomic E-state index is 11.9. The van der Waals surface area contributed by atoms with Crippen molar-refractivity contribution >= 4 is 33.1 Å². The van der Waals surface area contributed by atoms with Crippen LogP contribution in [0.25, 0.3) is 10.1 Å². The average Bonchev–Trinajstić information content (AvgIpc) is 2.88. The van der Waals surface area contributed by atoms with Crippen LogP contribution in [0.4, 0.5) is 5.69 Å². The molecule has 2 aromatic carbocycles. The molecule has 0 saturated carbocycles. The lowest BCUT2D eigenvalue weighted by molar-refractivity contribution is -0.144. The number of fused-ring (bicyclic) bond motifs is 1. The first-order valence-corrected chi connectivity index (χ1v) is 7.55. The van der Waals surface area contributed by atoms with Crippen LogP contribution < -0.4 is 5.73 Å².